The summed E-state index contributed by atoms with van der Waals surface area (Å²) in [6.45, 7) is 4.07. The third-order valence-corrected chi connectivity index (χ3v) is 5.11. The zero-order valence-electron chi connectivity index (χ0n) is 13.4. The molecule has 23 heavy (non-hydrogen) atoms. The smallest absolute Gasteiger partial charge is 0.239 e. The van der Waals surface area contributed by atoms with Crippen molar-refractivity contribution in [3.63, 3.8) is 0 Å². The molecule has 0 radical (unpaired) electrons. The van der Waals surface area contributed by atoms with Crippen molar-refractivity contribution in [2.75, 3.05) is 23.3 Å². The molecule has 4 nitrogen and oxygen atoms in total. The number of pyridine rings is 1. The second-order valence-electron chi connectivity index (χ2n) is 6.37. The summed E-state index contributed by atoms with van der Waals surface area (Å²) >= 11 is 0. The fraction of sp³-hybridized carbons (Fsp3) is 0.368. The van der Waals surface area contributed by atoms with Crippen LogP contribution in [-0.2, 0) is 10.2 Å². The van der Waals surface area contributed by atoms with Gasteiger partial charge in [0.05, 0.1) is 0 Å². The molecule has 0 saturated heterocycles. The monoisotopic (exact) mass is 307 g/mol. The number of fused-ring (bicyclic) bond motifs is 4. The molecule has 1 N–H and O–H groups in total. The first kappa shape index (κ1) is 14.2. The molecule has 3 heterocycles. The van der Waals surface area contributed by atoms with Gasteiger partial charge < -0.3 is 10.2 Å². The first-order valence-electron chi connectivity index (χ1n) is 8.39. The molecule has 0 bridgehead atoms. The second-order valence-corrected chi connectivity index (χ2v) is 6.37. The Morgan fingerprint density at radius 2 is 2.04 bits per heavy atom. The third kappa shape index (κ3) is 1.97. The number of carbonyl (C=O) groups is 1. The molecule has 4 heteroatoms. The molecule has 2 aromatic rings. The quantitative estimate of drug-likeness (QED) is 0.946. The van der Waals surface area contributed by atoms with Crippen molar-refractivity contribution < 1.29 is 4.79 Å². The van der Waals surface area contributed by atoms with Crippen LogP contribution in [0.3, 0.4) is 0 Å². The maximum Gasteiger partial charge on any atom is 0.239 e. The number of para-hydroxylation sites is 1. The highest BCUT2D eigenvalue weighted by Crippen LogP contribution is 2.50. The largest absolute Gasteiger partial charge is 0.356 e. The number of rotatable bonds is 3. The Hall–Kier alpha value is -2.36. The average Bonchev–Trinajstić information content (AvgIpc) is 2.87. The molecule has 1 unspecified atom stereocenters. The lowest BCUT2D eigenvalue weighted by Gasteiger charge is -2.40. The number of nitrogens with zero attached hydrogens (tertiary/aromatic N) is 2. The Labute approximate surface area is 136 Å². The van der Waals surface area contributed by atoms with Crippen LogP contribution in [0.25, 0.3) is 0 Å². The Kier molecular flexibility index (Phi) is 3.33. The second kappa shape index (κ2) is 5.37. The number of benzene rings is 1. The minimum absolute atomic E-state index is 0.0862. The van der Waals surface area contributed by atoms with Gasteiger partial charge in [0.2, 0.25) is 5.91 Å². The van der Waals surface area contributed by atoms with E-state index < -0.39 is 5.41 Å². The van der Waals surface area contributed by atoms with Crippen molar-refractivity contribution in [2.24, 2.45) is 0 Å². The van der Waals surface area contributed by atoms with Crippen molar-refractivity contribution in [3.05, 3.63) is 53.7 Å². The van der Waals surface area contributed by atoms with Crippen LogP contribution in [0.15, 0.2) is 42.6 Å². The van der Waals surface area contributed by atoms with E-state index in [2.05, 4.69) is 34.3 Å². The maximum atomic E-state index is 12.9. The van der Waals surface area contributed by atoms with Crippen molar-refractivity contribution in [1.29, 1.82) is 0 Å². The number of anilines is 2. The van der Waals surface area contributed by atoms with Gasteiger partial charge in [-0.2, -0.15) is 0 Å². The fourth-order valence-electron chi connectivity index (χ4n) is 3.92. The Morgan fingerprint density at radius 3 is 2.91 bits per heavy atom. The number of amides is 1. The van der Waals surface area contributed by atoms with Crippen molar-refractivity contribution >= 4 is 17.4 Å². The summed E-state index contributed by atoms with van der Waals surface area (Å²) in [5.41, 5.74) is 2.50. The van der Waals surface area contributed by atoms with Gasteiger partial charge in [-0.05, 0) is 30.5 Å². The molecule has 0 saturated carbocycles. The predicted molar refractivity (Wildman–Crippen MR) is 91.8 cm³/mol. The van der Waals surface area contributed by atoms with Crippen LogP contribution in [0.4, 0.5) is 11.5 Å². The van der Waals surface area contributed by atoms with Crippen LogP contribution in [0, 0.1) is 0 Å². The normalized spacial score (nSPS) is 22.0. The molecule has 1 spiro atoms. The van der Waals surface area contributed by atoms with E-state index in [0.717, 1.165) is 55.0 Å². The first-order chi connectivity index (χ1) is 11.3. The zero-order chi connectivity index (χ0) is 15.9. The topological polar surface area (TPSA) is 45.2 Å². The summed E-state index contributed by atoms with van der Waals surface area (Å²) in [4.78, 5) is 19.9. The molecule has 1 aromatic heterocycles. The van der Waals surface area contributed by atoms with Gasteiger partial charge in [-0.3, -0.25) is 4.79 Å². The average molecular weight is 307 g/mol. The number of unbranched alkanes of at least 4 members (excludes halogenated alkanes) is 1. The van der Waals surface area contributed by atoms with E-state index in [1.165, 1.54) is 0 Å². The predicted octanol–water partition coefficient (Wildman–Crippen LogP) is 3.33. The van der Waals surface area contributed by atoms with Gasteiger partial charge in [0.25, 0.3) is 0 Å². The lowest BCUT2D eigenvalue weighted by atomic mass is 9.71. The molecule has 0 fully saturated rings. The third-order valence-electron chi connectivity index (χ3n) is 5.11. The Bertz CT molecular complexity index is 758. The van der Waals surface area contributed by atoms with Crippen LogP contribution >= 0.6 is 0 Å². The van der Waals surface area contributed by atoms with Crippen LogP contribution < -0.4 is 10.2 Å². The molecular formula is C19H21N3O. The standard InChI is InChI=1S/C19H21N3O/c1-2-3-12-22-13-10-19(15-8-6-11-20-17(15)22)14-7-4-5-9-16(14)21-18(19)23/h4-9,11H,2-3,10,12-13H2,1H3,(H,21,23). The van der Waals surface area contributed by atoms with E-state index >= 15 is 0 Å². The highest BCUT2D eigenvalue weighted by Gasteiger charge is 2.51. The molecule has 4 rings (SSSR count). The van der Waals surface area contributed by atoms with Gasteiger partial charge in [-0.25, -0.2) is 4.98 Å². The maximum absolute atomic E-state index is 12.9. The molecule has 2 aliphatic rings. The van der Waals surface area contributed by atoms with Gasteiger partial charge in [-0.15, -0.1) is 0 Å². The van der Waals surface area contributed by atoms with Crippen LogP contribution in [0.2, 0.25) is 0 Å². The minimum atomic E-state index is -0.580. The number of hydrogen-bond donors (Lipinski definition) is 1. The number of carbonyl (C=O) groups excluding carboxylic acids is 1. The van der Waals surface area contributed by atoms with E-state index in [9.17, 15) is 4.79 Å². The number of hydrogen-bond acceptors (Lipinski definition) is 3. The molecule has 118 valence electrons. The minimum Gasteiger partial charge on any atom is -0.356 e. The van der Waals surface area contributed by atoms with Gasteiger partial charge in [0.1, 0.15) is 11.2 Å². The highest BCUT2D eigenvalue weighted by atomic mass is 16.2. The van der Waals surface area contributed by atoms with Crippen molar-refractivity contribution in [1.82, 2.24) is 4.98 Å². The Balaban J connectivity index is 1.86. The highest BCUT2D eigenvalue weighted by molar-refractivity contribution is 6.09. The van der Waals surface area contributed by atoms with Crippen molar-refractivity contribution in [2.45, 2.75) is 31.6 Å². The molecule has 2 aliphatic heterocycles. The van der Waals surface area contributed by atoms with Gasteiger partial charge in [0.15, 0.2) is 0 Å². The van der Waals surface area contributed by atoms with Gasteiger partial charge in [-0.1, -0.05) is 37.6 Å². The summed E-state index contributed by atoms with van der Waals surface area (Å²) in [6, 6.07) is 12.1. The van der Waals surface area contributed by atoms with Crippen LogP contribution in [0.5, 0.6) is 0 Å². The van der Waals surface area contributed by atoms with Crippen molar-refractivity contribution in [3.8, 4) is 0 Å². The van der Waals surface area contributed by atoms with E-state index in [1.54, 1.807) is 0 Å². The van der Waals surface area contributed by atoms with E-state index in [0.29, 0.717) is 0 Å². The molecule has 0 aliphatic carbocycles. The fourth-order valence-corrected chi connectivity index (χ4v) is 3.92. The summed E-state index contributed by atoms with van der Waals surface area (Å²) in [6.07, 6.45) is 4.94. The van der Waals surface area contributed by atoms with E-state index in [4.69, 9.17) is 0 Å². The Morgan fingerprint density at radius 1 is 1.22 bits per heavy atom. The van der Waals surface area contributed by atoms with Crippen LogP contribution in [-0.4, -0.2) is 24.0 Å². The van der Waals surface area contributed by atoms with Gasteiger partial charge in [0, 0.05) is 30.5 Å². The van der Waals surface area contributed by atoms with E-state index in [1.807, 2.05) is 30.5 Å². The SMILES string of the molecule is CCCCN1CCC2(C(=O)Nc3ccccc32)c2cccnc21. The summed E-state index contributed by atoms with van der Waals surface area (Å²) in [7, 11) is 0. The number of aromatic nitrogens is 1. The summed E-state index contributed by atoms with van der Waals surface area (Å²) in [5.74, 6) is 1.06. The first-order valence-corrected chi connectivity index (χ1v) is 8.39. The molecule has 1 aromatic carbocycles. The zero-order valence-corrected chi connectivity index (χ0v) is 13.4. The molecular weight excluding hydrogens is 286 g/mol. The molecule has 1 amide bonds. The lowest BCUT2D eigenvalue weighted by Crippen LogP contribution is -2.46. The molecule has 1 atom stereocenters. The lowest BCUT2D eigenvalue weighted by molar-refractivity contribution is -0.119. The van der Waals surface area contributed by atoms with Gasteiger partial charge >= 0.3 is 0 Å². The number of nitrogens with one attached hydrogen (secondary N) is 1. The van der Waals surface area contributed by atoms with Crippen LogP contribution in [0.1, 0.15) is 37.3 Å². The van der Waals surface area contributed by atoms with E-state index in [-0.39, 0.29) is 5.91 Å². The summed E-state index contributed by atoms with van der Waals surface area (Å²) in [5, 5.41) is 3.07. The summed E-state index contributed by atoms with van der Waals surface area (Å²) < 4.78 is 0.